The van der Waals surface area contributed by atoms with Gasteiger partial charge in [-0.3, -0.25) is 14.9 Å². The van der Waals surface area contributed by atoms with Gasteiger partial charge in [0.2, 0.25) is 0 Å². The Morgan fingerprint density at radius 2 is 2.00 bits per heavy atom. The summed E-state index contributed by atoms with van der Waals surface area (Å²) in [5, 5.41) is 23.2. The summed E-state index contributed by atoms with van der Waals surface area (Å²) >= 11 is 0. The van der Waals surface area contributed by atoms with Crippen LogP contribution in [0, 0.1) is 10.1 Å². The number of carboxylic acid groups (broad SMARTS) is 1. The van der Waals surface area contributed by atoms with Crippen LogP contribution in [0.5, 0.6) is 5.75 Å². The Balaban J connectivity index is 2.27. The van der Waals surface area contributed by atoms with Gasteiger partial charge in [0.05, 0.1) is 11.5 Å². The topological polar surface area (TPSA) is 119 Å². The van der Waals surface area contributed by atoms with Crippen molar-refractivity contribution >= 4 is 17.6 Å². The summed E-state index contributed by atoms with van der Waals surface area (Å²) in [6.07, 6.45) is 3.08. The second kappa shape index (κ2) is 7.29. The molecular formula is C16H20N2O6. The summed E-state index contributed by atoms with van der Waals surface area (Å²) in [6, 6.07) is 3.86. The molecule has 8 heteroatoms. The molecule has 1 saturated carbocycles. The van der Waals surface area contributed by atoms with Crippen molar-refractivity contribution < 1.29 is 24.4 Å². The maximum atomic E-state index is 12.4. The van der Waals surface area contributed by atoms with Crippen molar-refractivity contribution in [3.63, 3.8) is 0 Å². The van der Waals surface area contributed by atoms with E-state index in [4.69, 9.17) is 4.74 Å². The van der Waals surface area contributed by atoms with Crippen molar-refractivity contribution in [3.05, 3.63) is 33.9 Å². The fraction of sp³-hybridized carbons (Fsp3) is 0.500. The molecule has 8 nitrogen and oxygen atoms in total. The number of carbonyl (C=O) groups is 2. The van der Waals surface area contributed by atoms with Crippen LogP contribution < -0.4 is 10.1 Å². The van der Waals surface area contributed by atoms with Crippen LogP contribution in [-0.4, -0.2) is 34.1 Å². The number of hydrogen-bond acceptors (Lipinski definition) is 5. The normalized spacial score (nSPS) is 16.2. The van der Waals surface area contributed by atoms with Gasteiger partial charge in [0, 0.05) is 11.6 Å². The highest BCUT2D eigenvalue weighted by Crippen LogP contribution is 2.31. The Labute approximate surface area is 139 Å². The predicted molar refractivity (Wildman–Crippen MR) is 85.2 cm³/mol. The first-order chi connectivity index (χ1) is 11.4. The molecule has 0 bridgehead atoms. The molecule has 0 atom stereocenters. The van der Waals surface area contributed by atoms with Crippen LogP contribution in [0.2, 0.25) is 0 Å². The average molecular weight is 336 g/mol. The van der Waals surface area contributed by atoms with Gasteiger partial charge in [-0.2, -0.15) is 0 Å². The largest absolute Gasteiger partial charge is 0.487 e. The van der Waals surface area contributed by atoms with Crippen LogP contribution in [0.25, 0.3) is 0 Å². The van der Waals surface area contributed by atoms with Gasteiger partial charge < -0.3 is 15.2 Å². The van der Waals surface area contributed by atoms with E-state index in [1.807, 2.05) is 0 Å². The van der Waals surface area contributed by atoms with Crippen LogP contribution in [-0.2, 0) is 4.79 Å². The number of nitro groups is 1. The summed E-state index contributed by atoms with van der Waals surface area (Å²) in [5.74, 6) is -1.63. The van der Waals surface area contributed by atoms with Crippen LogP contribution in [0.15, 0.2) is 18.2 Å². The Bertz CT molecular complexity index is 652. The Morgan fingerprint density at radius 3 is 2.54 bits per heavy atom. The number of nitro benzene ring substituents is 1. The number of benzene rings is 1. The molecule has 0 unspecified atom stereocenters. The number of rotatable bonds is 6. The lowest BCUT2D eigenvalue weighted by atomic mass is 9.81. The van der Waals surface area contributed by atoms with Gasteiger partial charge in [-0.1, -0.05) is 19.3 Å². The molecule has 1 fully saturated rings. The number of nitrogens with zero attached hydrogens (tertiary/aromatic N) is 1. The third kappa shape index (κ3) is 3.64. The molecule has 1 amide bonds. The van der Waals surface area contributed by atoms with Gasteiger partial charge >= 0.3 is 11.7 Å². The molecule has 0 aliphatic heterocycles. The highest BCUT2D eigenvalue weighted by atomic mass is 16.6. The molecule has 130 valence electrons. The van der Waals surface area contributed by atoms with E-state index in [0.717, 1.165) is 25.3 Å². The average Bonchev–Trinajstić information content (AvgIpc) is 2.56. The molecule has 0 heterocycles. The molecule has 1 aromatic carbocycles. The van der Waals surface area contributed by atoms with Crippen molar-refractivity contribution in [2.24, 2.45) is 0 Å². The zero-order valence-corrected chi connectivity index (χ0v) is 13.4. The minimum Gasteiger partial charge on any atom is -0.487 e. The Kier molecular flexibility index (Phi) is 5.38. The number of hydrogen-bond donors (Lipinski definition) is 2. The minimum absolute atomic E-state index is 0.0383. The second-order valence-corrected chi connectivity index (χ2v) is 5.77. The summed E-state index contributed by atoms with van der Waals surface area (Å²) in [6.45, 7) is 1.96. The quantitative estimate of drug-likeness (QED) is 0.608. The number of aliphatic carboxylic acids is 1. The number of ether oxygens (including phenoxy) is 1. The van der Waals surface area contributed by atoms with Crippen LogP contribution >= 0.6 is 0 Å². The van der Waals surface area contributed by atoms with Gasteiger partial charge in [-0.15, -0.1) is 0 Å². The molecule has 24 heavy (non-hydrogen) atoms. The van der Waals surface area contributed by atoms with Crippen molar-refractivity contribution in [1.29, 1.82) is 0 Å². The van der Waals surface area contributed by atoms with Crippen LogP contribution in [0.1, 0.15) is 49.4 Å². The van der Waals surface area contributed by atoms with E-state index >= 15 is 0 Å². The summed E-state index contributed by atoms with van der Waals surface area (Å²) in [5.41, 5.74) is -1.59. The lowest BCUT2D eigenvalue weighted by Crippen LogP contribution is -2.55. The molecule has 0 aromatic heterocycles. The molecule has 1 aliphatic rings. The van der Waals surface area contributed by atoms with Crippen LogP contribution in [0.3, 0.4) is 0 Å². The summed E-state index contributed by atoms with van der Waals surface area (Å²) < 4.78 is 5.17. The molecule has 0 radical (unpaired) electrons. The van der Waals surface area contributed by atoms with E-state index in [9.17, 15) is 24.8 Å². The highest BCUT2D eigenvalue weighted by Gasteiger charge is 2.41. The number of nitrogens with one attached hydrogen (secondary N) is 1. The van der Waals surface area contributed by atoms with Gasteiger partial charge in [0.1, 0.15) is 5.54 Å². The molecule has 2 N–H and O–H groups in total. The molecule has 1 aliphatic carbocycles. The fourth-order valence-electron chi connectivity index (χ4n) is 2.92. The monoisotopic (exact) mass is 336 g/mol. The van der Waals surface area contributed by atoms with Gasteiger partial charge in [-0.05, 0) is 31.9 Å². The third-order valence-corrected chi connectivity index (χ3v) is 4.19. The number of carbonyl (C=O) groups excluding carboxylic acids is 1. The van der Waals surface area contributed by atoms with Gasteiger partial charge in [-0.25, -0.2) is 4.79 Å². The lowest BCUT2D eigenvalue weighted by molar-refractivity contribution is -0.385. The van der Waals surface area contributed by atoms with E-state index in [1.165, 1.54) is 12.1 Å². The second-order valence-electron chi connectivity index (χ2n) is 5.77. The summed E-state index contributed by atoms with van der Waals surface area (Å²) in [7, 11) is 0. The Morgan fingerprint density at radius 1 is 1.33 bits per heavy atom. The zero-order chi connectivity index (χ0) is 17.7. The maximum Gasteiger partial charge on any atom is 0.329 e. The van der Waals surface area contributed by atoms with E-state index in [-0.39, 0.29) is 23.6 Å². The Hall–Kier alpha value is -2.64. The molecule has 0 spiro atoms. The minimum atomic E-state index is -1.30. The molecular weight excluding hydrogens is 316 g/mol. The zero-order valence-electron chi connectivity index (χ0n) is 13.4. The van der Waals surface area contributed by atoms with E-state index in [0.29, 0.717) is 12.8 Å². The maximum absolute atomic E-state index is 12.4. The fourth-order valence-corrected chi connectivity index (χ4v) is 2.92. The SMILES string of the molecule is CCOc1ccc(C(=O)NC2(C(=O)O)CCCCC2)cc1[N+](=O)[O-]. The van der Waals surface area contributed by atoms with E-state index < -0.39 is 22.3 Å². The van der Waals surface area contributed by atoms with E-state index in [1.54, 1.807) is 6.92 Å². The first-order valence-electron chi connectivity index (χ1n) is 7.87. The highest BCUT2D eigenvalue weighted by molar-refractivity contribution is 5.98. The van der Waals surface area contributed by atoms with Crippen molar-refractivity contribution in [3.8, 4) is 5.75 Å². The van der Waals surface area contributed by atoms with E-state index in [2.05, 4.69) is 5.32 Å². The van der Waals surface area contributed by atoms with Crippen LogP contribution in [0.4, 0.5) is 5.69 Å². The summed E-state index contributed by atoms with van der Waals surface area (Å²) in [4.78, 5) is 34.5. The predicted octanol–water partition coefficient (Wildman–Crippen LogP) is 2.51. The molecule has 1 aromatic rings. The number of amides is 1. The van der Waals surface area contributed by atoms with Crippen molar-refractivity contribution in [2.45, 2.75) is 44.6 Å². The van der Waals surface area contributed by atoms with Gasteiger partial charge in [0.25, 0.3) is 5.91 Å². The first-order valence-corrected chi connectivity index (χ1v) is 7.87. The lowest BCUT2D eigenvalue weighted by Gasteiger charge is -2.33. The van der Waals surface area contributed by atoms with Gasteiger partial charge in [0.15, 0.2) is 5.75 Å². The first kappa shape index (κ1) is 17.7. The standard InChI is InChI=1S/C16H20N2O6/c1-2-24-13-7-6-11(10-12(13)18(22)23)14(19)17-16(15(20)21)8-4-3-5-9-16/h6-7,10H,2-5,8-9H2,1H3,(H,17,19)(H,20,21). The third-order valence-electron chi connectivity index (χ3n) is 4.19. The smallest absolute Gasteiger partial charge is 0.329 e. The van der Waals surface area contributed by atoms with Crippen molar-refractivity contribution in [2.75, 3.05) is 6.61 Å². The molecule has 2 rings (SSSR count). The molecule has 0 saturated heterocycles. The number of carboxylic acids is 1. The van der Waals surface area contributed by atoms with Crippen molar-refractivity contribution in [1.82, 2.24) is 5.32 Å².